The molecule has 0 saturated heterocycles. The lowest BCUT2D eigenvalue weighted by atomic mass is 10.1. The average molecular weight is 304 g/mol. The highest BCUT2D eigenvalue weighted by atomic mass is 32.1. The number of amides is 1. The second-order valence-electron chi connectivity index (χ2n) is 5.50. The van der Waals surface area contributed by atoms with Gasteiger partial charge in [0.15, 0.2) is 0 Å². The van der Waals surface area contributed by atoms with E-state index in [0.29, 0.717) is 16.6 Å². The van der Waals surface area contributed by atoms with Gasteiger partial charge in [-0.1, -0.05) is 31.3 Å². The first kappa shape index (κ1) is 15.4. The lowest BCUT2D eigenvalue weighted by Gasteiger charge is -2.13. The van der Waals surface area contributed by atoms with Crippen molar-refractivity contribution >= 4 is 28.1 Å². The van der Waals surface area contributed by atoms with Gasteiger partial charge in [0, 0.05) is 31.8 Å². The Balaban J connectivity index is 2.07. The molecule has 0 spiro atoms. The SMILES string of the molecule is CC(C)Cc1nnc(NC(=O)c2cccc(N(C)C)c2)s1. The first-order valence-corrected chi connectivity index (χ1v) is 7.68. The van der Waals surface area contributed by atoms with Gasteiger partial charge in [0.1, 0.15) is 5.01 Å². The molecule has 0 fully saturated rings. The molecule has 0 radical (unpaired) electrons. The zero-order valence-electron chi connectivity index (χ0n) is 12.8. The van der Waals surface area contributed by atoms with E-state index in [-0.39, 0.29) is 5.91 Å². The molecule has 1 amide bonds. The van der Waals surface area contributed by atoms with Crippen molar-refractivity contribution in [2.24, 2.45) is 5.92 Å². The van der Waals surface area contributed by atoms with Crippen LogP contribution in [0.3, 0.4) is 0 Å². The molecule has 112 valence electrons. The van der Waals surface area contributed by atoms with Crippen molar-refractivity contribution in [1.29, 1.82) is 0 Å². The highest BCUT2D eigenvalue weighted by Crippen LogP contribution is 2.20. The van der Waals surface area contributed by atoms with Gasteiger partial charge in [0.2, 0.25) is 5.13 Å². The molecule has 0 bridgehead atoms. The van der Waals surface area contributed by atoms with E-state index in [4.69, 9.17) is 0 Å². The third-order valence-electron chi connectivity index (χ3n) is 2.89. The minimum absolute atomic E-state index is 0.161. The number of rotatable bonds is 5. The van der Waals surface area contributed by atoms with Crippen molar-refractivity contribution < 1.29 is 4.79 Å². The monoisotopic (exact) mass is 304 g/mol. The molecule has 1 N–H and O–H groups in total. The maximum atomic E-state index is 12.2. The van der Waals surface area contributed by atoms with E-state index in [1.54, 1.807) is 6.07 Å². The molecule has 1 aromatic carbocycles. The van der Waals surface area contributed by atoms with Gasteiger partial charge in [0.05, 0.1) is 0 Å². The van der Waals surface area contributed by atoms with Gasteiger partial charge in [-0.25, -0.2) is 0 Å². The van der Waals surface area contributed by atoms with Crippen LogP contribution in [0.1, 0.15) is 29.2 Å². The fourth-order valence-electron chi connectivity index (χ4n) is 1.83. The molecule has 0 aliphatic carbocycles. The van der Waals surface area contributed by atoms with Crippen molar-refractivity contribution in [3.05, 3.63) is 34.8 Å². The van der Waals surface area contributed by atoms with Crippen LogP contribution in [0.2, 0.25) is 0 Å². The second-order valence-corrected chi connectivity index (χ2v) is 6.56. The quantitative estimate of drug-likeness (QED) is 0.922. The number of carbonyl (C=O) groups is 1. The Hall–Kier alpha value is -1.95. The number of anilines is 2. The highest BCUT2D eigenvalue weighted by molar-refractivity contribution is 7.15. The van der Waals surface area contributed by atoms with Gasteiger partial charge in [-0.2, -0.15) is 0 Å². The minimum atomic E-state index is -0.161. The summed E-state index contributed by atoms with van der Waals surface area (Å²) in [6, 6.07) is 7.47. The highest BCUT2D eigenvalue weighted by Gasteiger charge is 2.11. The van der Waals surface area contributed by atoms with Crippen LogP contribution in [0.5, 0.6) is 0 Å². The van der Waals surface area contributed by atoms with E-state index >= 15 is 0 Å². The Morgan fingerprint density at radius 2 is 2.10 bits per heavy atom. The predicted octanol–water partition coefficient (Wildman–Crippen LogP) is 3.05. The zero-order valence-corrected chi connectivity index (χ0v) is 13.6. The van der Waals surface area contributed by atoms with Gasteiger partial charge >= 0.3 is 0 Å². The topological polar surface area (TPSA) is 58.1 Å². The summed E-state index contributed by atoms with van der Waals surface area (Å²) in [5.74, 6) is 0.365. The van der Waals surface area contributed by atoms with Gasteiger partial charge in [0.25, 0.3) is 5.91 Å². The van der Waals surface area contributed by atoms with E-state index in [1.165, 1.54) is 11.3 Å². The van der Waals surface area contributed by atoms with Crippen molar-refractivity contribution in [3.63, 3.8) is 0 Å². The van der Waals surface area contributed by atoms with Crippen molar-refractivity contribution in [1.82, 2.24) is 10.2 Å². The molecule has 0 atom stereocenters. The number of carbonyl (C=O) groups excluding carboxylic acids is 1. The molecular formula is C15H20N4OS. The van der Waals surface area contributed by atoms with E-state index < -0.39 is 0 Å². The first-order chi connectivity index (χ1) is 9.95. The number of nitrogens with zero attached hydrogens (tertiary/aromatic N) is 3. The van der Waals surface area contributed by atoms with Crippen molar-refractivity contribution in [3.8, 4) is 0 Å². The molecule has 0 saturated carbocycles. The molecule has 2 aromatic rings. The maximum Gasteiger partial charge on any atom is 0.257 e. The molecule has 1 aromatic heterocycles. The third-order valence-corrected chi connectivity index (χ3v) is 3.76. The molecule has 0 unspecified atom stereocenters. The predicted molar refractivity (Wildman–Crippen MR) is 87.2 cm³/mol. The largest absolute Gasteiger partial charge is 0.378 e. The molecule has 2 rings (SSSR count). The summed E-state index contributed by atoms with van der Waals surface area (Å²) < 4.78 is 0. The molecule has 0 aliphatic heterocycles. The van der Waals surface area contributed by atoms with Crippen LogP contribution in [0, 0.1) is 5.92 Å². The summed E-state index contributed by atoms with van der Waals surface area (Å²) in [5, 5.41) is 12.4. The minimum Gasteiger partial charge on any atom is -0.378 e. The van der Waals surface area contributed by atoms with Crippen LogP contribution in [-0.2, 0) is 6.42 Å². The van der Waals surface area contributed by atoms with Crippen molar-refractivity contribution in [2.75, 3.05) is 24.3 Å². The Kier molecular flexibility index (Phi) is 4.90. The molecule has 6 heteroatoms. The number of aromatic nitrogens is 2. The molecular weight excluding hydrogens is 284 g/mol. The standard InChI is InChI=1S/C15H20N4OS/c1-10(2)8-13-17-18-15(21-13)16-14(20)11-6-5-7-12(9-11)19(3)4/h5-7,9-10H,8H2,1-4H3,(H,16,18,20). The summed E-state index contributed by atoms with van der Waals surface area (Å²) in [5.41, 5.74) is 1.60. The Labute approximate surface area is 129 Å². The normalized spacial score (nSPS) is 10.7. The van der Waals surface area contributed by atoms with Crippen LogP contribution in [0.25, 0.3) is 0 Å². The van der Waals surface area contributed by atoms with E-state index in [0.717, 1.165) is 17.1 Å². The second kappa shape index (κ2) is 6.67. The van der Waals surface area contributed by atoms with Gasteiger partial charge in [-0.05, 0) is 24.1 Å². The maximum absolute atomic E-state index is 12.2. The third kappa shape index (κ3) is 4.26. The van der Waals surface area contributed by atoms with Crippen LogP contribution >= 0.6 is 11.3 Å². The van der Waals surface area contributed by atoms with Crippen molar-refractivity contribution in [2.45, 2.75) is 20.3 Å². The van der Waals surface area contributed by atoms with E-state index in [9.17, 15) is 4.79 Å². The average Bonchev–Trinajstić information content (AvgIpc) is 2.85. The molecule has 21 heavy (non-hydrogen) atoms. The first-order valence-electron chi connectivity index (χ1n) is 6.87. The summed E-state index contributed by atoms with van der Waals surface area (Å²) >= 11 is 1.43. The fraction of sp³-hybridized carbons (Fsp3) is 0.400. The summed E-state index contributed by atoms with van der Waals surface area (Å²) in [7, 11) is 3.89. The summed E-state index contributed by atoms with van der Waals surface area (Å²) in [6.07, 6.45) is 0.879. The van der Waals surface area contributed by atoms with Crippen LogP contribution in [0.4, 0.5) is 10.8 Å². The van der Waals surface area contributed by atoms with E-state index in [2.05, 4.69) is 29.4 Å². The fourth-order valence-corrected chi connectivity index (χ4v) is 2.78. The Morgan fingerprint density at radius 1 is 1.33 bits per heavy atom. The number of hydrogen-bond donors (Lipinski definition) is 1. The molecule has 5 nitrogen and oxygen atoms in total. The zero-order chi connectivity index (χ0) is 15.4. The lowest BCUT2D eigenvalue weighted by molar-refractivity contribution is 0.102. The summed E-state index contributed by atoms with van der Waals surface area (Å²) in [6.45, 7) is 4.26. The number of nitrogens with one attached hydrogen (secondary N) is 1. The summed E-state index contributed by atoms with van der Waals surface area (Å²) in [4.78, 5) is 14.2. The van der Waals surface area contributed by atoms with Gasteiger partial charge in [-0.3, -0.25) is 10.1 Å². The Bertz CT molecular complexity index is 622. The molecule has 0 aliphatic rings. The molecule has 1 heterocycles. The number of hydrogen-bond acceptors (Lipinski definition) is 5. The lowest BCUT2D eigenvalue weighted by Crippen LogP contribution is -2.14. The van der Waals surface area contributed by atoms with Crippen LogP contribution in [0.15, 0.2) is 24.3 Å². The smallest absolute Gasteiger partial charge is 0.257 e. The number of benzene rings is 1. The van der Waals surface area contributed by atoms with E-state index in [1.807, 2.05) is 37.2 Å². The van der Waals surface area contributed by atoms with Gasteiger partial charge < -0.3 is 4.90 Å². The van der Waals surface area contributed by atoms with Gasteiger partial charge in [-0.15, -0.1) is 10.2 Å². The Morgan fingerprint density at radius 3 is 2.76 bits per heavy atom. The van der Waals surface area contributed by atoms with Crippen LogP contribution in [-0.4, -0.2) is 30.2 Å². The van der Waals surface area contributed by atoms with Crippen LogP contribution < -0.4 is 10.2 Å².